The zero-order valence-electron chi connectivity index (χ0n) is 9.75. The lowest BCUT2D eigenvalue weighted by Crippen LogP contribution is -1.91. The Hall–Kier alpha value is -2.33. The van der Waals surface area contributed by atoms with Gasteiger partial charge in [-0.05, 0) is 30.3 Å². The van der Waals surface area contributed by atoms with Gasteiger partial charge < -0.3 is 4.74 Å². The molecule has 4 rings (SSSR count). The maximum absolute atomic E-state index is 5.96. The zero-order valence-corrected chi connectivity index (χ0v) is 10.5. The van der Waals surface area contributed by atoms with Gasteiger partial charge in [-0.2, -0.15) is 4.98 Å². The van der Waals surface area contributed by atoms with Crippen molar-refractivity contribution in [3.63, 3.8) is 0 Å². The molecule has 0 aliphatic carbocycles. The highest BCUT2D eigenvalue weighted by atomic mass is 35.5. The fourth-order valence-corrected chi connectivity index (χ4v) is 2.26. The summed E-state index contributed by atoms with van der Waals surface area (Å²) < 4.78 is 7.76. The first kappa shape index (κ1) is 10.6. The number of hydrogen-bond acceptors (Lipinski definition) is 3. The standard InChI is InChI=1S/C14H8ClN3O/c15-9-4-5-12-10(7-9)16-8-11-14(19-12)17-13-3-1-2-6-18(11)13/h1-8H. The minimum Gasteiger partial charge on any atom is -0.435 e. The Kier molecular flexibility index (Phi) is 2.13. The second-order valence-corrected chi connectivity index (χ2v) is 4.64. The molecule has 0 amide bonds. The summed E-state index contributed by atoms with van der Waals surface area (Å²) in [7, 11) is 0. The number of hydrogen-bond donors (Lipinski definition) is 0. The number of pyridine rings is 1. The molecule has 0 radical (unpaired) electrons. The SMILES string of the molecule is Clc1ccc2c(c1)N=Cc1c(nc3ccccn13)O2. The maximum atomic E-state index is 5.96. The van der Waals surface area contributed by atoms with Crippen molar-refractivity contribution in [3.05, 3.63) is 53.3 Å². The third-order valence-electron chi connectivity index (χ3n) is 2.99. The predicted octanol–water partition coefficient (Wildman–Crippen LogP) is 3.84. The molecule has 0 N–H and O–H groups in total. The van der Waals surface area contributed by atoms with E-state index in [0.717, 1.165) is 11.3 Å². The summed E-state index contributed by atoms with van der Waals surface area (Å²) in [6.07, 6.45) is 3.68. The van der Waals surface area contributed by atoms with Crippen molar-refractivity contribution >= 4 is 29.2 Å². The Morgan fingerprint density at radius 2 is 2.11 bits per heavy atom. The van der Waals surface area contributed by atoms with Crippen LogP contribution in [0.3, 0.4) is 0 Å². The van der Waals surface area contributed by atoms with Gasteiger partial charge >= 0.3 is 0 Å². The van der Waals surface area contributed by atoms with Crippen molar-refractivity contribution in [2.75, 3.05) is 0 Å². The van der Waals surface area contributed by atoms with Crippen LogP contribution < -0.4 is 4.74 Å². The normalized spacial score (nSPS) is 12.7. The number of ether oxygens (including phenoxy) is 1. The number of aromatic nitrogens is 2. The van der Waals surface area contributed by atoms with Gasteiger partial charge in [0.2, 0.25) is 5.88 Å². The molecule has 1 aromatic carbocycles. The number of halogens is 1. The van der Waals surface area contributed by atoms with Crippen LogP contribution in [-0.2, 0) is 0 Å². The van der Waals surface area contributed by atoms with Crippen molar-refractivity contribution in [3.8, 4) is 11.6 Å². The molecule has 19 heavy (non-hydrogen) atoms. The fraction of sp³-hybridized carbons (Fsp3) is 0. The molecule has 0 saturated heterocycles. The summed E-state index contributed by atoms with van der Waals surface area (Å²) in [5.74, 6) is 1.21. The second-order valence-electron chi connectivity index (χ2n) is 4.20. The number of aliphatic imine (C=N–C) groups is 1. The molecule has 0 spiro atoms. The predicted molar refractivity (Wildman–Crippen MR) is 74.0 cm³/mol. The minimum absolute atomic E-state index is 0.552. The molecule has 1 aliphatic rings. The average Bonchev–Trinajstić information content (AvgIpc) is 2.67. The summed E-state index contributed by atoms with van der Waals surface area (Å²) >= 11 is 5.96. The quantitative estimate of drug-likeness (QED) is 0.486. The van der Waals surface area contributed by atoms with Crippen LogP contribution in [0.2, 0.25) is 5.02 Å². The van der Waals surface area contributed by atoms with E-state index >= 15 is 0 Å². The summed E-state index contributed by atoms with van der Waals surface area (Å²) in [5, 5.41) is 0.631. The van der Waals surface area contributed by atoms with Crippen molar-refractivity contribution in [2.24, 2.45) is 4.99 Å². The molecule has 0 fully saturated rings. The summed E-state index contributed by atoms with van der Waals surface area (Å²) in [4.78, 5) is 8.87. The number of rotatable bonds is 0. The van der Waals surface area contributed by atoms with Gasteiger partial charge in [-0.15, -0.1) is 0 Å². The van der Waals surface area contributed by atoms with E-state index in [4.69, 9.17) is 16.3 Å². The van der Waals surface area contributed by atoms with E-state index in [1.807, 2.05) is 28.8 Å². The van der Waals surface area contributed by atoms with E-state index in [-0.39, 0.29) is 0 Å². The summed E-state index contributed by atoms with van der Waals surface area (Å²) in [6.45, 7) is 0. The molecule has 0 saturated carbocycles. The molecular formula is C14H8ClN3O. The fourth-order valence-electron chi connectivity index (χ4n) is 2.10. The molecule has 4 nitrogen and oxygen atoms in total. The van der Waals surface area contributed by atoms with Crippen LogP contribution in [0.5, 0.6) is 11.6 Å². The smallest absolute Gasteiger partial charge is 0.247 e. The average molecular weight is 270 g/mol. The van der Waals surface area contributed by atoms with Gasteiger partial charge in [0, 0.05) is 11.2 Å². The topological polar surface area (TPSA) is 38.9 Å². The first-order valence-corrected chi connectivity index (χ1v) is 6.18. The Morgan fingerprint density at radius 1 is 1.16 bits per heavy atom. The van der Waals surface area contributed by atoms with Gasteiger partial charge in [-0.25, -0.2) is 0 Å². The highest BCUT2D eigenvalue weighted by molar-refractivity contribution is 6.30. The first-order valence-electron chi connectivity index (χ1n) is 5.80. The van der Waals surface area contributed by atoms with Crippen LogP contribution in [-0.4, -0.2) is 15.6 Å². The number of fused-ring (bicyclic) bond motifs is 4. The van der Waals surface area contributed by atoms with Crippen LogP contribution in [0.25, 0.3) is 5.65 Å². The van der Waals surface area contributed by atoms with E-state index in [0.29, 0.717) is 22.3 Å². The van der Waals surface area contributed by atoms with Crippen LogP contribution in [0.15, 0.2) is 47.6 Å². The van der Waals surface area contributed by atoms with Crippen molar-refractivity contribution in [2.45, 2.75) is 0 Å². The van der Waals surface area contributed by atoms with E-state index in [1.165, 1.54) is 0 Å². The zero-order chi connectivity index (χ0) is 12.8. The van der Waals surface area contributed by atoms with Crippen molar-refractivity contribution < 1.29 is 4.74 Å². The van der Waals surface area contributed by atoms with Crippen LogP contribution in [0, 0.1) is 0 Å². The first-order chi connectivity index (χ1) is 9.31. The molecule has 92 valence electrons. The number of nitrogens with zero attached hydrogens (tertiary/aromatic N) is 3. The highest BCUT2D eigenvalue weighted by Gasteiger charge is 2.17. The Morgan fingerprint density at radius 3 is 3.05 bits per heavy atom. The molecular weight excluding hydrogens is 262 g/mol. The molecule has 3 aromatic rings. The largest absolute Gasteiger partial charge is 0.435 e. The maximum Gasteiger partial charge on any atom is 0.247 e. The number of benzene rings is 1. The van der Waals surface area contributed by atoms with E-state index in [1.54, 1.807) is 24.4 Å². The van der Waals surface area contributed by atoms with Crippen LogP contribution in [0.1, 0.15) is 5.69 Å². The van der Waals surface area contributed by atoms with E-state index in [2.05, 4.69) is 9.98 Å². The van der Waals surface area contributed by atoms with Crippen molar-refractivity contribution in [1.29, 1.82) is 0 Å². The van der Waals surface area contributed by atoms with E-state index < -0.39 is 0 Å². The lowest BCUT2D eigenvalue weighted by atomic mass is 10.3. The van der Waals surface area contributed by atoms with Gasteiger partial charge in [0.1, 0.15) is 17.0 Å². The highest BCUT2D eigenvalue weighted by Crippen LogP contribution is 2.37. The molecule has 0 unspecified atom stereocenters. The van der Waals surface area contributed by atoms with Gasteiger partial charge in [-0.3, -0.25) is 9.39 Å². The minimum atomic E-state index is 0.552. The lowest BCUT2D eigenvalue weighted by molar-refractivity contribution is 0.468. The summed E-state index contributed by atoms with van der Waals surface area (Å²) in [6, 6.07) is 11.1. The van der Waals surface area contributed by atoms with Crippen molar-refractivity contribution in [1.82, 2.24) is 9.38 Å². The number of imidazole rings is 1. The Labute approximate surface area is 113 Å². The van der Waals surface area contributed by atoms with Gasteiger partial charge in [0.25, 0.3) is 0 Å². The molecule has 1 aliphatic heterocycles. The molecule has 2 aromatic heterocycles. The van der Waals surface area contributed by atoms with Gasteiger partial charge in [0.15, 0.2) is 5.75 Å². The Bertz CT molecular complexity index is 823. The Balaban J connectivity index is 1.97. The van der Waals surface area contributed by atoms with Gasteiger partial charge in [0.05, 0.1) is 6.21 Å². The summed E-state index contributed by atoms with van der Waals surface area (Å²) in [5.41, 5.74) is 2.36. The molecule has 5 heteroatoms. The van der Waals surface area contributed by atoms with E-state index in [9.17, 15) is 0 Å². The lowest BCUT2D eigenvalue weighted by Gasteiger charge is -2.03. The molecule has 0 atom stereocenters. The van der Waals surface area contributed by atoms with Crippen LogP contribution >= 0.6 is 11.6 Å². The molecule has 3 heterocycles. The second kappa shape index (κ2) is 3.83. The van der Waals surface area contributed by atoms with Gasteiger partial charge in [-0.1, -0.05) is 17.7 Å². The molecule has 0 bridgehead atoms. The van der Waals surface area contributed by atoms with Crippen LogP contribution in [0.4, 0.5) is 5.69 Å². The third kappa shape index (κ3) is 1.61. The monoisotopic (exact) mass is 269 g/mol. The third-order valence-corrected chi connectivity index (χ3v) is 3.22.